The Morgan fingerprint density at radius 3 is 2.91 bits per heavy atom. The number of halogens is 1. The van der Waals surface area contributed by atoms with E-state index >= 15 is 0 Å². The summed E-state index contributed by atoms with van der Waals surface area (Å²) < 4.78 is 0. The lowest BCUT2D eigenvalue weighted by Gasteiger charge is -2.18. The molecule has 0 spiro atoms. The third kappa shape index (κ3) is 1.96. The number of alkyl halides is 1. The van der Waals surface area contributed by atoms with Crippen LogP contribution in [-0.2, 0) is 4.79 Å². The zero-order chi connectivity index (χ0) is 8.27. The number of aldehydes is 1. The Morgan fingerprint density at radius 1 is 1.64 bits per heavy atom. The molecule has 2 heteroatoms. The smallest absolute Gasteiger partial charge is 0.123 e. The third-order valence-corrected chi connectivity index (χ3v) is 3.29. The Balaban J connectivity index is 2.48. The molecule has 0 heterocycles. The van der Waals surface area contributed by atoms with Crippen LogP contribution in [0.5, 0.6) is 0 Å². The highest BCUT2D eigenvalue weighted by molar-refractivity contribution is 6.20. The summed E-state index contributed by atoms with van der Waals surface area (Å²) in [6, 6.07) is 0. The molecule has 0 amide bonds. The van der Waals surface area contributed by atoms with Gasteiger partial charge >= 0.3 is 0 Å². The Hall–Kier alpha value is -0.0400. The minimum absolute atomic E-state index is 0.215. The Labute approximate surface area is 73.1 Å². The largest absolute Gasteiger partial charge is 0.303 e. The van der Waals surface area contributed by atoms with Crippen molar-refractivity contribution in [3.63, 3.8) is 0 Å². The number of hydrogen-bond donors (Lipinski definition) is 0. The van der Waals surface area contributed by atoms with Crippen molar-refractivity contribution in [2.24, 2.45) is 11.8 Å². The van der Waals surface area contributed by atoms with Crippen molar-refractivity contribution in [3.8, 4) is 0 Å². The van der Waals surface area contributed by atoms with Crippen molar-refractivity contribution in [2.45, 2.75) is 38.0 Å². The quantitative estimate of drug-likeness (QED) is 0.475. The summed E-state index contributed by atoms with van der Waals surface area (Å²) in [6.45, 7) is 2.08. The molecule has 0 N–H and O–H groups in total. The summed E-state index contributed by atoms with van der Waals surface area (Å²) in [5.41, 5.74) is 0. The summed E-state index contributed by atoms with van der Waals surface area (Å²) in [5.74, 6) is 0.705. The third-order valence-electron chi connectivity index (χ3n) is 2.65. The van der Waals surface area contributed by atoms with Crippen LogP contribution in [0.2, 0.25) is 0 Å². The maximum absolute atomic E-state index is 10.6. The minimum atomic E-state index is 0.215. The van der Waals surface area contributed by atoms with E-state index in [-0.39, 0.29) is 11.3 Å². The number of carbonyl (C=O) groups is 1. The second kappa shape index (κ2) is 4.10. The molecular formula is C9H15ClO. The summed E-state index contributed by atoms with van der Waals surface area (Å²) in [5, 5.41) is 0.215. The number of hydrogen-bond acceptors (Lipinski definition) is 1. The van der Waals surface area contributed by atoms with Gasteiger partial charge in [0.1, 0.15) is 6.29 Å². The van der Waals surface area contributed by atoms with Gasteiger partial charge in [0.25, 0.3) is 0 Å². The van der Waals surface area contributed by atoms with Gasteiger partial charge in [-0.25, -0.2) is 0 Å². The molecule has 0 aromatic carbocycles. The van der Waals surface area contributed by atoms with Crippen molar-refractivity contribution >= 4 is 17.9 Å². The van der Waals surface area contributed by atoms with Gasteiger partial charge in [0, 0.05) is 11.3 Å². The second-order valence-electron chi connectivity index (χ2n) is 3.32. The lowest BCUT2D eigenvalue weighted by atomic mass is 9.93. The van der Waals surface area contributed by atoms with E-state index < -0.39 is 0 Å². The van der Waals surface area contributed by atoms with Gasteiger partial charge in [-0.1, -0.05) is 13.3 Å². The molecule has 1 aliphatic rings. The predicted molar refractivity (Wildman–Crippen MR) is 46.8 cm³/mol. The monoisotopic (exact) mass is 174 g/mol. The molecule has 11 heavy (non-hydrogen) atoms. The minimum Gasteiger partial charge on any atom is -0.303 e. The fourth-order valence-corrected chi connectivity index (χ4v) is 2.25. The first kappa shape index (κ1) is 9.05. The van der Waals surface area contributed by atoms with Crippen molar-refractivity contribution in [2.75, 3.05) is 0 Å². The molecule has 1 nitrogen and oxygen atoms in total. The maximum atomic E-state index is 10.6. The van der Waals surface area contributed by atoms with Gasteiger partial charge in [-0.2, -0.15) is 0 Å². The maximum Gasteiger partial charge on any atom is 0.123 e. The molecule has 1 aliphatic carbocycles. The summed E-state index contributed by atoms with van der Waals surface area (Å²) >= 11 is 6.09. The lowest BCUT2D eigenvalue weighted by Crippen LogP contribution is -2.19. The van der Waals surface area contributed by atoms with Gasteiger partial charge in [0.2, 0.25) is 0 Å². The molecular weight excluding hydrogens is 160 g/mol. The first-order chi connectivity index (χ1) is 5.29. The van der Waals surface area contributed by atoms with E-state index in [1.807, 2.05) is 0 Å². The van der Waals surface area contributed by atoms with E-state index in [9.17, 15) is 4.79 Å². The first-order valence-corrected chi connectivity index (χ1v) is 4.82. The fraction of sp³-hybridized carbons (Fsp3) is 0.889. The SMILES string of the molecule is CC[C@H](Cl)[C@H]1CCCC1C=O. The molecule has 3 atom stereocenters. The molecule has 64 valence electrons. The van der Waals surface area contributed by atoms with E-state index in [0.717, 1.165) is 25.5 Å². The van der Waals surface area contributed by atoms with E-state index in [2.05, 4.69) is 6.92 Å². The average Bonchev–Trinajstić information content (AvgIpc) is 2.50. The molecule has 0 aliphatic heterocycles. The zero-order valence-corrected chi connectivity index (χ0v) is 7.68. The zero-order valence-electron chi connectivity index (χ0n) is 6.92. The lowest BCUT2D eigenvalue weighted by molar-refractivity contribution is -0.112. The highest BCUT2D eigenvalue weighted by Crippen LogP contribution is 2.35. The van der Waals surface area contributed by atoms with Crippen LogP contribution >= 0.6 is 11.6 Å². The molecule has 0 radical (unpaired) electrons. The number of carbonyl (C=O) groups excluding carboxylic acids is 1. The molecule has 0 aromatic heterocycles. The van der Waals surface area contributed by atoms with Gasteiger partial charge in [-0.3, -0.25) is 0 Å². The first-order valence-electron chi connectivity index (χ1n) is 4.39. The number of rotatable bonds is 3. The highest BCUT2D eigenvalue weighted by atomic mass is 35.5. The molecule has 0 saturated heterocycles. The Bertz CT molecular complexity index is 136. The Kier molecular flexibility index (Phi) is 3.38. The van der Waals surface area contributed by atoms with Crippen molar-refractivity contribution < 1.29 is 4.79 Å². The predicted octanol–water partition coefficient (Wildman–Crippen LogP) is 2.62. The van der Waals surface area contributed by atoms with Gasteiger partial charge in [-0.05, 0) is 25.2 Å². The summed E-state index contributed by atoms with van der Waals surface area (Å²) in [7, 11) is 0. The van der Waals surface area contributed by atoms with Crippen molar-refractivity contribution in [3.05, 3.63) is 0 Å². The molecule has 1 rings (SSSR count). The van der Waals surface area contributed by atoms with Crippen molar-refractivity contribution in [1.29, 1.82) is 0 Å². The van der Waals surface area contributed by atoms with Crippen LogP contribution in [0.4, 0.5) is 0 Å². The van der Waals surface area contributed by atoms with Gasteiger partial charge in [0.05, 0.1) is 0 Å². The van der Waals surface area contributed by atoms with Crippen LogP contribution in [0.25, 0.3) is 0 Å². The fourth-order valence-electron chi connectivity index (χ4n) is 1.94. The normalized spacial score (nSPS) is 33.6. The van der Waals surface area contributed by atoms with Crippen molar-refractivity contribution in [1.82, 2.24) is 0 Å². The van der Waals surface area contributed by atoms with Crippen LogP contribution in [-0.4, -0.2) is 11.7 Å². The second-order valence-corrected chi connectivity index (χ2v) is 3.88. The van der Waals surface area contributed by atoms with Gasteiger partial charge < -0.3 is 4.79 Å². The van der Waals surface area contributed by atoms with Crippen LogP contribution < -0.4 is 0 Å². The van der Waals surface area contributed by atoms with Crippen LogP contribution in [0, 0.1) is 11.8 Å². The van der Waals surface area contributed by atoms with Crippen LogP contribution in [0.3, 0.4) is 0 Å². The topological polar surface area (TPSA) is 17.1 Å². The highest BCUT2D eigenvalue weighted by Gasteiger charge is 2.31. The summed E-state index contributed by atoms with van der Waals surface area (Å²) in [4.78, 5) is 10.6. The Morgan fingerprint density at radius 2 is 2.36 bits per heavy atom. The van der Waals surface area contributed by atoms with Gasteiger partial charge in [-0.15, -0.1) is 11.6 Å². The molecule has 0 aromatic rings. The van der Waals surface area contributed by atoms with E-state index in [4.69, 9.17) is 11.6 Å². The average molecular weight is 175 g/mol. The van der Waals surface area contributed by atoms with Crippen LogP contribution in [0.15, 0.2) is 0 Å². The molecule has 1 saturated carbocycles. The van der Waals surface area contributed by atoms with Crippen LogP contribution in [0.1, 0.15) is 32.6 Å². The van der Waals surface area contributed by atoms with Gasteiger partial charge in [0.15, 0.2) is 0 Å². The van der Waals surface area contributed by atoms with E-state index in [0.29, 0.717) is 5.92 Å². The molecule has 1 fully saturated rings. The molecule has 1 unspecified atom stereocenters. The standard InChI is InChI=1S/C9H15ClO/c1-2-9(10)8-5-3-4-7(8)6-11/h6-9H,2-5H2,1H3/t7?,8-,9-/m0/s1. The molecule has 0 bridgehead atoms. The van der Waals surface area contributed by atoms with E-state index in [1.165, 1.54) is 6.42 Å². The summed E-state index contributed by atoms with van der Waals surface area (Å²) in [6.07, 6.45) is 5.44. The van der Waals surface area contributed by atoms with E-state index in [1.54, 1.807) is 0 Å².